The normalized spacial score (nSPS) is 28.0. The summed E-state index contributed by atoms with van der Waals surface area (Å²) >= 11 is 0. The smallest absolute Gasteiger partial charge is 0.184 e. The lowest BCUT2D eigenvalue weighted by Crippen LogP contribution is -2.58. The van der Waals surface area contributed by atoms with Crippen molar-refractivity contribution in [2.75, 3.05) is 6.61 Å². The number of aromatic nitrogens is 1. The Kier molecular flexibility index (Phi) is 5.80. The number of para-hydroxylation sites is 2. The number of ether oxygens (including phenoxy) is 1. The van der Waals surface area contributed by atoms with Crippen LogP contribution in [0.2, 0.25) is 0 Å². The third-order valence-electron chi connectivity index (χ3n) is 4.12. The topological polar surface area (TPSA) is 153 Å². The van der Waals surface area contributed by atoms with E-state index in [0.717, 1.165) is 5.52 Å². The van der Waals surface area contributed by atoms with Crippen molar-refractivity contribution in [3.8, 4) is 11.5 Å². The van der Waals surface area contributed by atoms with Crippen molar-refractivity contribution in [3.05, 3.63) is 52.7 Å². The zero-order valence-electron chi connectivity index (χ0n) is 14.0. The van der Waals surface area contributed by atoms with Crippen LogP contribution in [0.4, 0.5) is 0 Å². The summed E-state index contributed by atoms with van der Waals surface area (Å²) in [5.41, 5.74) is 2.12. The Morgan fingerprint density at radius 1 is 0.963 bits per heavy atom. The second kappa shape index (κ2) is 8.09. The van der Waals surface area contributed by atoms with Crippen LogP contribution in [0.25, 0.3) is 22.6 Å². The maximum Gasteiger partial charge on any atom is 0.184 e. The van der Waals surface area contributed by atoms with E-state index in [4.69, 9.17) is 29.9 Å². The van der Waals surface area contributed by atoms with Crippen LogP contribution < -0.4 is 5.43 Å². The first-order chi connectivity index (χ1) is 12.9. The van der Waals surface area contributed by atoms with Gasteiger partial charge < -0.3 is 34.7 Å². The van der Waals surface area contributed by atoms with E-state index < -0.39 is 37.3 Å². The highest BCUT2D eigenvalue weighted by molar-refractivity contribution is 5.75. The standard InChI is InChI=1S/C12H7NO2.C6H12O6/c14-8-5-6-10-12(7-8)15-11-4-2-1-3-9(11)13-10;7-1-2-3(8)4(9)5(10)6(11)12-2/h1-7H;2-11H,1H2/t;2-,3+,4+,5-,6?/m.1/s1. The quantitative estimate of drug-likeness (QED) is 0.338. The van der Waals surface area contributed by atoms with Crippen molar-refractivity contribution in [2.24, 2.45) is 0 Å². The minimum Gasteiger partial charge on any atom is -0.453 e. The van der Waals surface area contributed by atoms with Gasteiger partial charge in [-0.2, -0.15) is 0 Å². The summed E-state index contributed by atoms with van der Waals surface area (Å²) in [6.07, 6.45) is -7.04. The Labute approximate surface area is 153 Å². The van der Waals surface area contributed by atoms with Crippen LogP contribution in [-0.2, 0) is 4.74 Å². The highest BCUT2D eigenvalue weighted by Gasteiger charge is 2.42. The number of hydrogen-bond acceptors (Lipinski definition) is 9. The van der Waals surface area contributed by atoms with Gasteiger partial charge in [0, 0.05) is 6.07 Å². The number of benzene rings is 2. The fraction of sp³-hybridized carbons (Fsp3) is 0.333. The molecule has 3 aliphatic rings. The van der Waals surface area contributed by atoms with Gasteiger partial charge in [0.1, 0.15) is 35.6 Å². The largest absolute Gasteiger partial charge is 0.453 e. The molecule has 1 aromatic carbocycles. The fourth-order valence-electron chi connectivity index (χ4n) is 2.63. The van der Waals surface area contributed by atoms with Gasteiger partial charge in [0.15, 0.2) is 23.1 Å². The number of aliphatic hydroxyl groups is 5. The lowest BCUT2D eigenvalue weighted by atomic mass is 10.00. The molecule has 0 bridgehead atoms. The molecular weight excluding hydrogens is 358 g/mol. The van der Waals surface area contributed by atoms with Gasteiger partial charge in [-0.25, -0.2) is 4.98 Å². The van der Waals surface area contributed by atoms with Crippen LogP contribution in [0, 0.1) is 0 Å². The molecule has 9 heteroatoms. The molecule has 1 unspecified atom stereocenters. The number of hydrogen-bond donors (Lipinski definition) is 5. The highest BCUT2D eigenvalue weighted by atomic mass is 16.6. The summed E-state index contributed by atoms with van der Waals surface area (Å²) < 4.78 is 10.1. The van der Waals surface area contributed by atoms with E-state index in [9.17, 15) is 4.79 Å². The van der Waals surface area contributed by atoms with Gasteiger partial charge in [-0.1, -0.05) is 12.1 Å². The first-order valence-corrected chi connectivity index (χ1v) is 8.19. The van der Waals surface area contributed by atoms with Crippen LogP contribution in [-0.4, -0.2) is 67.8 Å². The molecule has 5 atom stereocenters. The van der Waals surface area contributed by atoms with Crippen molar-refractivity contribution in [2.45, 2.75) is 30.7 Å². The van der Waals surface area contributed by atoms with E-state index in [1.807, 2.05) is 24.3 Å². The molecule has 1 aliphatic carbocycles. The molecule has 0 saturated carbocycles. The van der Waals surface area contributed by atoms with E-state index in [1.54, 1.807) is 6.07 Å². The molecule has 0 radical (unpaired) electrons. The lowest BCUT2D eigenvalue weighted by molar-refractivity contribution is -0.286. The van der Waals surface area contributed by atoms with Crippen molar-refractivity contribution < 1.29 is 34.7 Å². The van der Waals surface area contributed by atoms with Crippen LogP contribution in [0.15, 0.2) is 51.7 Å². The average molecular weight is 377 g/mol. The summed E-state index contributed by atoms with van der Waals surface area (Å²) in [4.78, 5) is 15.5. The summed E-state index contributed by atoms with van der Waals surface area (Å²) in [5, 5.41) is 44.7. The van der Waals surface area contributed by atoms with Crippen LogP contribution >= 0.6 is 0 Å². The van der Waals surface area contributed by atoms with Crippen molar-refractivity contribution >= 4 is 11.1 Å². The first kappa shape index (κ1) is 19.4. The van der Waals surface area contributed by atoms with Gasteiger partial charge in [0.2, 0.25) is 0 Å². The summed E-state index contributed by atoms with van der Waals surface area (Å²) in [5.74, 6) is 0.529. The van der Waals surface area contributed by atoms with Gasteiger partial charge in [0.25, 0.3) is 0 Å². The molecule has 27 heavy (non-hydrogen) atoms. The minimum atomic E-state index is -1.57. The molecule has 0 amide bonds. The molecule has 0 spiro atoms. The molecular formula is C18H19NO8. The molecule has 0 aromatic heterocycles. The van der Waals surface area contributed by atoms with E-state index >= 15 is 0 Å². The van der Waals surface area contributed by atoms with Gasteiger partial charge in [-0.3, -0.25) is 4.79 Å². The second-order valence-corrected chi connectivity index (χ2v) is 6.03. The summed E-state index contributed by atoms with van der Waals surface area (Å²) in [6, 6.07) is 12.1. The van der Waals surface area contributed by atoms with Gasteiger partial charge in [-0.05, 0) is 24.3 Å². The molecule has 1 saturated heterocycles. The number of aliphatic hydroxyl groups excluding tert-OH is 5. The highest BCUT2D eigenvalue weighted by Crippen LogP contribution is 2.22. The van der Waals surface area contributed by atoms with Crippen molar-refractivity contribution in [1.29, 1.82) is 0 Å². The molecule has 5 N–H and O–H groups in total. The van der Waals surface area contributed by atoms with Gasteiger partial charge in [0.05, 0.1) is 6.61 Å². The van der Waals surface area contributed by atoms with E-state index in [0.29, 0.717) is 17.0 Å². The Morgan fingerprint density at radius 3 is 2.44 bits per heavy atom. The lowest BCUT2D eigenvalue weighted by Gasteiger charge is -2.37. The third kappa shape index (κ3) is 4.14. The predicted octanol–water partition coefficient (Wildman–Crippen LogP) is -0.929. The van der Waals surface area contributed by atoms with E-state index in [2.05, 4.69) is 9.72 Å². The molecule has 144 valence electrons. The van der Waals surface area contributed by atoms with Crippen LogP contribution in [0.1, 0.15) is 0 Å². The third-order valence-corrected chi connectivity index (χ3v) is 4.12. The maximum absolute atomic E-state index is 11.1. The number of rotatable bonds is 1. The SMILES string of the molecule is O=c1ccc2nc3ccccc3oc-2c1.OC[C@H]1OC(O)[C@H](O)[C@@H](O)[C@H]1O. The summed E-state index contributed by atoms with van der Waals surface area (Å²) in [6.45, 7) is -0.526. The van der Waals surface area contributed by atoms with Gasteiger partial charge in [-0.15, -0.1) is 0 Å². The zero-order chi connectivity index (χ0) is 19.6. The number of nitrogens with zero attached hydrogens (tertiary/aromatic N) is 1. The van der Waals surface area contributed by atoms with Gasteiger partial charge >= 0.3 is 0 Å². The second-order valence-electron chi connectivity index (χ2n) is 6.03. The Bertz CT molecular complexity index is 924. The number of fused-ring (bicyclic) bond motifs is 2. The van der Waals surface area contributed by atoms with Crippen molar-refractivity contribution in [3.63, 3.8) is 0 Å². The molecule has 9 nitrogen and oxygen atoms in total. The molecule has 1 fully saturated rings. The predicted molar refractivity (Wildman–Crippen MR) is 92.9 cm³/mol. The van der Waals surface area contributed by atoms with Crippen LogP contribution in [0.3, 0.4) is 0 Å². The molecule has 2 aliphatic heterocycles. The first-order valence-electron chi connectivity index (χ1n) is 8.19. The zero-order valence-corrected chi connectivity index (χ0v) is 14.0. The van der Waals surface area contributed by atoms with E-state index in [1.165, 1.54) is 12.1 Å². The maximum atomic E-state index is 11.1. The monoisotopic (exact) mass is 377 g/mol. The van der Waals surface area contributed by atoms with E-state index in [-0.39, 0.29) is 5.43 Å². The fourth-order valence-corrected chi connectivity index (χ4v) is 2.63. The molecule has 1 aromatic rings. The Hall–Kier alpha value is -2.40. The Morgan fingerprint density at radius 2 is 1.70 bits per heavy atom. The average Bonchev–Trinajstić information content (AvgIpc) is 2.68. The molecule has 4 rings (SSSR count). The van der Waals surface area contributed by atoms with Crippen molar-refractivity contribution in [1.82, 2.24) is 4.98 Å². The molecule has 2 heterocycles. The Balaban J connectivity index is 0.000000161. The minimum absolute atomic E-state index is 0.0664. The summed E-state index contributed by atoms with van der Waals surface area (Å²) in [7, 11) is 0. The van der Waals surface area contributed by atoms with Crippen LogP contribution in [0.5, 0.6) is 0 Å².